The number of hydrogen-bond acceptors (Lipinski definition) is 3. The van der Waals surface area contributed by atoms with Crippen LogP contribution in [0.4, 0.5) is 0 Å². The Labute approximate surface area is 166 Å². The van der Waals surface area contributed by atoms with Gasteiger partial charge in [0, 0.05) is 6.54 Å². The molecule has 27 heavy (non-hydrogen) atoms. The lowest BCUT2D eigenvalue weighted by Crippen LogP contribution is -2.27. The van der Waals surface area contributed by atoms with E-state index in [2.05, 4.69) is 61.2 Å². The van der Waals surface area contributed by atoms with Gasteiger partial charge in [0.1, 0.15) is 4.32 Å². The van der Waals surface area contributed by atoms with Gasteiger partial charge in [-0.05, 0) is 44.0 Å². The van der Waals surface area contributed by atoms with Gasteiger partial charge in [-0.3, -0.25) is 9.69 Å². The molecular formula is C23H15NOS2. The van der Waals surface area contributed by atoms with Crippen LogP contribution in [-0.4, -0.2) is 21.7 Å². The van der Waals surface area contributed by atoms with Gasteiger partial charge in [-0.2, -0.15) is 0 Å². The van der Waals surface area contributed by atoms with E-state index in [1.807, 2.05) is 6.08 Å². The lowest BCUT2D eigenvalue weighted by atomic mass is 9.92. The van der Waals surface area contributed by atoms with Gasteiger partial charge in [0.2, 0.25) is 0 Å². The summed E-state index contributed by atoms with van der Waals surface area (Å²) in [7, 11) is 0. The Bertz CT molecular complexity index is 1270. The van der Waals surface area contributed by atoms with E-state index in [1.54, 1.807) is 11.0 Å². The Hall–Kier alpha value is -2.69. The lowest BCUT2D eigenvalue weighted by molar-refractivity contribution is -0.121. The standard InChI is InChI=1S/C23H15NOS2/c1-2-12-24-22(25)19(27-23(24)26)13-17-9-8-16-7-6-14-4-3-5-15-10-11-18(17)21(16)20(14)15/h2-11,13H,1,12H2. The minimum absolute atomic E-state index is 0.0457. The average Bonchev–Trinajstić information content (AvgIpc) is 2.95. The van der Waals surface area contributed by atoms with Gasteiger partial charge < -0.3 is 0 Å². The summed E-state index contributed by atoms with van der Waals surface area (Å²) in [6, 6.07) is 19.2. The number of amides is 1. The molecule has 1 heterocycles. The molecule has 0 spiro atoms. The Morgan fingerprint density at radius 3 is 2.37 bits per heavy atom. The van der Waals surface area contributed by atoms with Crippen molar-refractivity contribution in [1.82, 2.24) is 4.90 Å². The van der Waals surface area contributed by atoms with Gasteiger partial charge in [0.05, 0.1) is 4.91 Å². The third-order valence-corrected chi connectivity index (χ3v) is 6.41. The summed E-state index contributed by atoms with van der Waals surface area (Å²) >= 11 is 6.71. The number of rotatable bonds is 3. The quantitative estimate of drug-likeness (QED) is 0.187. The zero-order valence-electron chi connectivity index (χ0n) is 14.4. The molecule has 1 aliphatic rings. The van der Waals surface area contributed by atoms with Crippen molar-refractivity contribution in [3.63, 3.8) is 0 Å². The third kappa shape index (κ3) is 2.48. The van der Waals surface area contributed by atoms with Gasteiger partial charge in [-0.15, -0.1) is 6.58 Å². The van der Waals surface area contributed by atoms with Crippen LogP contribution in [0.2, 0.25) is 0 Å². The van der Waals surface area contributed by atoms with Crippen molar-refractivity contribution in [3.05, 3.63) is 77.7 Å². The minimum Gasteiger partial charge on any atom is -0.289 e. The Morgan fingerprint density at radius 1 is 0.963 bits per heavy atom. The van der Waals surface area contributed by atoms with E-state index in [-0.39, 0.29) is 5.91 Å². The maximum Gasteiger partial charge on any atom is 0.266 e. The first-order valence-corrected chi connectivity index (χ1v) is 9.92. The summed E-state index contributed by atoms with van der Waals surface area (Å²) < 4.78 is 0.587. The second kappa shape index (κ2) is 6.19. The highest BCUT2D eigenvalue weighted by atomic mass is 32.2. The Morgan fingerprint density at radius 2 is 1.63 bits per heavy atom. The predicted molar refractivity (Wildman–Crippen MR) is 120 cm³/mol. The summed E-state index contributed by atoms with van der Waals surface area (Å²) in [6.45, 7) is 4.15. The molecule has 5 rings (SSSR count). The van der Waals surface area contributed by atoms with Gasteiger partial charge >= 0.3 is 0 Å². The number of carbonyl (C=O) groups is 1. The van der Waals surface area contributed by atoms with Crippen molar-refractivity contribution < 1.29 is 4.79 Å². The zero-order valence-corrected chi connectivity index (χ0v) is 16.1. The van der Waals surface area contributed by atoms with Crippen LogP contribution in [0.15, 0.2) is 72.2 Å². The van der Waals surface area contributed by atoms with Crippen molar-refractivity contribution in [2.24, 2.45) is 0 Å². The number of thiocarbonyl (C=S) groups is 1. The van der Waals surface area contributed by atoms with Crippen LogP contribution in [0.5, 0.6) is 0 Å². The number of hydrogen-bond donors (Lipinski definition) is 0. The number of thioether (sulfide) groups is 1. The molecule has 0 radical (unpaired) electrons. The second-order valence-electron chi connectivity index (χ2n) is 6.59. The van der Waals surface area contributed by atoms with Crippen LogP contribution in [0, 0.1) is 0 Å². The molecule has 130 valence electrons. The Kier molecular flexibility index (Phi) is 3.78. The SMILES string of the molecule is C=CCN1C(=O)C(=Cc2ccc3ccc4cccc5ccc2c3c45)SC1=S. The van der Waals surface area contributed by atoms with Gasteiger partial charge in [0.15, 0.2) is 0 Å². The van der Waals surface area contributed by atoms with Crippen LogP contribution < -0.4 is 0 Å². The molecule has 0 unspecified atom stereocenters. The summed E-state index contributed by atoms with van der Waals surface area (Å²) in [4.78, 5) is 14.9. The maximum atomic E-state index is 12.7. The molecule has 1 amide bonds. The van der Waals surface area contributed by atoms with E-state index < -0.39 is 0 Å². The average molecular weight is 386 g/mol. The van der Waals surface area contributed by atoms with Gasteiger partial charge in [0.25, 0.3) is 5.91 Å². The predicted octanol–water partition coefficient (Wildman–Crippen LogP) is 5.97. The first-order chi connectivity index (χ1) is 13.2. The monoisotopic (exact) mass is 385 g/mol. The zero-order chi connectivity index (χ0) is 18.5. The largest absolute Gasteiger partial charge is 0.289 e. The summed E-state index contributed by atoms with van der Waals surface area (Å²) in [6.07, 6.45) is 3.66. The molecule has 4 aromatic rings. The maximum absolute atomic E-state index is 12.7. The van der Waals surface area contributed by atoms with Crippen molar-refractivity contribution >= 4 is 72.6 Å². The number of carbonyl (C=O) groups excluding carboxylic acids is 1. The molecule has 0 aromatic heterocycles. The lowest BCUT2D eigenvalue weighted by Gasteiger charge is -2.12. The topological polar surface area (TPSA) is 20.3 Å². The second-order valence-corrected chi connectivity index (χ2v) is 8.27. The molecule has 2 nitrogen and oxygen atoms in total. The fourth-order valence-electron chi connectivity index (χ4n) is 3.81. The summed E-state index contributed by atoms with van der Waals surface area (Å²) in [5, 5.41) is 7.37. The summed E-state index contributed by atoms with van der Waals surface area (Å²) in [5.74, 6) is -0.0457. The van der Waals surface area contributed by atoms with E-state index in [1.165, 1.54) is 38.7 Å². The van der Waals surface area contributed by atoms with Crippen LogP contribution in [0.1, 0.15) is 5.56 Å². The van der Waals surface area contributed by atoms with Crippen molar-refractivity contribution in [2.45, 2.75) is 0 Å². The van der Waals surface area contributed by atoms with Gasteiger partial charge in [-0.25, -0.2) is 0 Å². The molecule has 4 heteroatoms. The van der Waals surface area contributed by atoms with Crippen LogP contribution >= 0.6 is 24.0 Å². The molecule has 0 saturated carbocycles. The van der Waals surface area contributed by atoms with Crippen molar-refractivity contribution in [2.75, 3.05) is 6.54 Å². The summed E-state index contributed by atoms with van der Waals surface area (Å²) in [5.41, 5.74) is 1.04. The fraction of sp³-hybridized carbons (Fsp3) is 0.0435. The molecule has 0 atom stereocenters. The molecule has 0 N–H and O–H groups in total. The van der Waals surface area contributed by atoms with E-state index in [4.69, 9.17) is 12.2 Å². The molecule has 0 aliphatic carbocycles. The van der Waals surface area contributed by atoms with E-state index in [0.717, 1.165) is 10.9 Å². The van der Waals surface area contributed by atoms with Crippen LogP contribution in [0.25, 0.3) is 38.4 Å². The van der Waals surface area contributed by atoms with E-state index >= 15 is 0 Å². The highest BCUT2D eigenvalue weighted by Crippen LogP contribution is 2.38. The first-order valence-electron chi connectivity index (χ1n) is 8.70. The number of nitrogens with zero attached hydrogens (tertiary/aromatic N) is 1. The number of benzene rings is 4. The molecule has 1 fully saturated rings. The van der Waals surface area contributed by atoms with E-state index in [9.17, 15) is 4.79 Å². The van der Waals surface area contributed by atoms with Crippen molar-refractivity contribution in [3.8, 4) is 0 Å². The minimum atomic E-state index is -0.0457. The fourth-order valence-corrected chi connectivity index (χ4v) is 5.08. The van der Waals surface area contributed by atoms with Gasteiger partial charge in [-0.1, -0.05) is 84.7 Å². The van der Waals surface area contributed by atoms with Crippen molar-refractivity contribution in [1.29, 1.82) is 0 Å². The molecule has 4 aromatic carbocycles. The smallest absolute Gasteiger partial charge is 0.266 e. The van der Waals surface area contributed by atoms with Crippen LogP contribution in [0.3, 0.4) is 0 Å². The van der Waals surface area contributed by atoms with Crippen LogP contribution in [-0.2, 0) is 4.79 Å². The molecular weight excluding hydrogens is 370 g/mol. The highest BCUT2D eigenvalue weighted by molar-refractivity contribution is 8.26. The first kappa shape index (κ1) is 16.5. The molecule has 0 bridgehead atoms. The Balaban J connectivity index is 1.74. The highest BCUT2D eigenvalue weighted by Gasteiger charge is 2.31. The third-order valence-electron chi connectivity index (χ3n) is 5.03. The molecule has 1 saturated heterocycles. The van der Waals surface area contributed by atoms with E-state index in [0.29, 0.717) is 15.8 Å². The normalized spacial score (nSPS) is 16.4. The molecule has 1 aliphatic heterocycles.